The second-order valence-corrected chi connectivity index (χ2v) is 5.39. The van der Waals surface area contributed by atoms with Crippen molar-refractivity contribution in [3.05, 3.63) is 48.3 Å². The fourth-order valence-electron chi connectivity index (χ4n) is 2.70. The summed E-state index contributed by atoms with van der Waals surface area (Å²) in [4.78, 5) is 10.2. The first-order chi connectivity index (χ1) is 10.7. The molecule has 0 unspecified atom stereocenters. The van der Waals surface area contributed by atoms with Crippen molar-refractivity contribution in [2.24, 2.45) is 0 Å². The molecule has 2 heterocycles. The summed E-state index contributed by atoms with van der Waals surface area (Å²) < 4.78 is 5.19. The van der Waals surface area contributed by atoms with Crippen LogP contribution < -0.4 is 9.57 Å². The number of hydrogen-bond acceptors (Lipinski definition) is 4. The molecule has 0 amide bonds. The standard InChI is InChI=1S/C17H19N2O3/c1-21-15-3-2-4-16(12-15)22-19-9-6-13(7-10-19)17-11-14(20)5-8-18-17/h2-5,8,11-13H,6-7,9-10H2,1H3. The molecule has 1 saturated heterocycles. The molecule has 0 N–H and O–H groups in total. The van der Waals surface area contributed by atoms with Crippen molar-refractivity contribution in [3.8, 4) is 17.2 Å². The number of rotatable bonds is 4. The van der Waals surface area contributed by atoms with Crippen LogP contribution >= 0.6 is 0 Å². The Hall–Kier alpha value is -2.27. The molecule has 1 radical (unpaired) electrons. The molecule has 1 aromatic heterocycles. The van der Waals surface area contributed by atoms with Gasteiger partial charge in [-0.05, 0) is 25.0 Å². The predicted octanol–water partition coefficient (Wildman–Crippen LogP) is 3.41. The topological polar surface area (TPSA) is 54.5 Å². The maximum Gasteiger partial charge on any atom is 0.181 e. The van der Waals surface area contributed by atoms with Crippen LogP contribution in [0.4, 0.5) is 0 Å². The predicted molar refractivity (Wildman–Crippen MR) is 81.5 cm³/mol. The smallest absolute Gasteiger partial charge is 0.181 e. The number of hydroxylamine groups is 2. The Morgan fingerprint density at radius 3 is 2.64 bits per heavy atom. The van der Waals surface area contributed by atoms with Gasteiger partial charge in [0.05, 0.1) is 7.11 Å². The van der Waals surface area contributed by atoms with Gasteiger partial charge in [-0.2, -0.15) is 0 Å². The SMILES string of the molecule is COc1cccc(ON2CCC(c3cc([O])ccn3)CC2)c1. The number of ether oxygens (including phenoxy) is 1. The summed E-state index contributed by atoms with van der Waals surface area (Å²) in [5.74, 6) is 1.92. The zero-order chi connectivity index (χ0) is 15.4. The maximum atomic E-state index is 11.4. The van der Waals surface area contributed by atoms with Crippen molar-refractivity contribution < 1.29 is 14.7 Å². The number of hydrogen-bond donors (Lipinski definition) is 0. The summed E-state index contributed by atoms with van der Waals surface area (Å²) >= 11 is 0. The average molecular weight is 299 g/mol. The Morgan fingerprint density at radius 1 is 1.14 bits per heavy atom. The molecule has 0 aliphatic carbocycles. The second-order valence-electron chi connectivity index (χ2n) is 5.39. The number of methoxy groups -OCH3 is 1. The molecule has 115 valence electrons. The van der Waals surface area contributed by atoms with Gasteiger partial charge in [0, 0.05) is 49.1 Å². The minimum absolute atomic E-state index is 0.0278. The molecule has 1 fully saturated rings. The molecule has 0 atom stereocenters. The highest BCUT2D eigenvalue weighted by molar-refractivity contribution is 5.32. The van der Waals surface area contributed by atoms with Gasteiger partial charge < -0.3 is 9.57 Å². The van der Waals surface area contributed by atoms with Crippen molar-refractivity contribution in [3.63, 3.8) is 0 Å². The molecule has 0 saturated carbocycles. The van der Waals surface area contributed by atoms with Crippen LogP contribution in [0.2, 0.25) is 0 Å². The summed E-state index contributed by atoms with van der Waals surface area (Å²) in [5.41, 5.74) is 0.897. The van der Waals surface area contributed by atoms with E-state index in [0.717, 1.165) is 43.1 Å². The van der Waals surface area contributed by atoms with Crippen LogP contribution in [-0.2, 0) is 5.11 Å². The van der Waals surface area contributed by atoms with Crippen LogP contribution in [0, 0.1) is 0 Å². The lowest BCUT2D eigenvalue weighted by molar-refractivity contribution is -0.0759. The van der Waals surface area contributed by atoms with E-state index in [4.69, 9.17) is 9.57 Å². The average Bonchev–Trinajstić information content (AvgIpc) is 2.56. The minimum atomic E-state index is 0.0278. The molecule has 0 spiro atoms. The molecule has 1 aliphatic rings. The number of aromatic nitrogens is 1. The lowest BCUT2D eigenvalue weighted by Crippen LogP contribution is -2.35. The summed E-state index contributed by atoms with van der Waals surface area (Å²) in [6, 6.07) is 10.7. The summed E-state index contributed by atoms with van der Waals surface area (Å²) in [5, 5.41) is 13.4. The Labute approximate surface area is 130 Å². The third-order valence-electron chi connectivity index (χ3n) is 3.90. The van der Waals surface area contributed by atoms with E-state index < -0.39 is 0 Å². The zero-order valence-electron chi connectivity index (χ0n) is 12.6. The fourth-order valence-corrected chi connectivity index (χ4v) is 2.70. The molecular weight excluding hydrogens is 280 g/mol. The van der Waals surface area contributed by atoms with Crippen molar-refractivity contribution >= 4 is 0 Å². The van der Waals surface area contributed by atoms with Crippen molar-refractivity contribution in [1.29, 1.82) is 0 Å². The van der Waals surface area contributed by atoms with E-state index in [0.29, 0.717) is 5.92 Å². The molecule has 1 aromatic carbocycles. The van der Waals surface area contributed by atoms with Gasteiger partial charge in [0.1, 0.15) is 5.75 Å². The highest BCUT2D eigenvalue weighted by atomic mass is 16.7. The highest BCUT2D eigenvalue weighted by Crippen LogP contribution is 2.29. The summed E-state index contributed by atoms with van der Waals surface area (Å²) in [6.07, 6.45) is 3.46. The molecule has 2 aromatic rings. The number of pyridine rings is 1. The van der Waals surface area contributed by atoms with Crippen LogP contribution in [-0.4, -0.2) is 30.2 Å². The highest BCUT2D eigenvalue weighted by Gasteiger charge is 2.23. The quantitative estimate of drug-likeness (QED) is 0.868. The van der Waals surface area contributed by atoms with Crippen LogP contribution in [0.15, 0.2) is 42.6 Å². The van der Waals surface area contributed by atoms with Gasteiger partial charge in [0.2, 0.25) is 0 Å². The molecule has 5 heteroatoms. The minimum Gasteiger partial charge on any atom is -0.497 e. The van der Waals surface area contributed by atoms with Gasteiger partial charge in [-0.25, -0.2) is 0 Å². The van der Waals surface area contributed by atoms with E-state index >= 15 is 0 Å². The van der Waals surface area contributed by atoms with Crippen LogP contribution in [0.3, 0.4) is 0 Å². The largest absolute Gasteiger partial charge is 0.497 e. The monoisotopic (exact) mass is 299 g/mol. The van der Waals surface area contributed by atoms with E-state index in [-0.39, 0.29) is 5.75 Å². The first-order valence-corrected chi connectivity index (χ1v) is 7.44. The van der Waals surface area contributed by atoms with Crippen molar-refractivity contribution in [1.82, 2.24) is 10.0 Å². The molecule has 1 aliphatic heterocycles. The van der Waals surface area contributed by atoms with E-state index in [1.807, 2.05) is 29.3 Å². The first-order valence-electron chi connectivity index (χ1n) is 7.44. The number of benzene rings is 1. The number of piperidine rings is 1. The van der Waals surface area contributed by atoms with E-state index in [9.17, 15) is 5.11 Å². The van der Waals surface area contributed by atoms with Crippen molar-refractivity contribution in [2.45, 2.75) is 18.8 Å². The van der Waals surface area contributed by atoms with Crippen molar-refractivity contribution in [2.75, 3.05) is 20.2 Å². The van der Waals surface area contributed by atoms with Gasteiger partial charge >= 0.3 is 0 Å². The third-order valence-corrected chi connectivity index (χ3v) is 3.90. The van der Waals surface area contributed by atoms with Gasteiger partial charge in [-0.15, -0.1) is 5.06 Å². The van der Waals surface area contributed by atoms with Gasteiger partial charge in [0.25, 0.3) is 0 Å². The Morgan fingerprint density at radius 2 is 1.91 bits per heavy atom. The maximum absolute atomic E-state index is 11.4. The van der Waals surface area contributed by atoms with Crippen LogP contribution in [0.5, 0.6) is 17.2 Å². The van der Waals surface area contributed by atoms with Gasteiger partial charge in [-0.1, -0.05) is 6.07 Å². The van der Waals surface area contributed by atoms with Crippen LogP contribution in [0.25, 0.3) is 0 Å². The molecule has 3 rings (SSSR count). The third kappa shape index (κ3) is 3.49. The molecule has 5 nitrogen and oxygen atoms in total. The Bertz CT molecular complexity index is 625. The van der Waals surface area contributed by atoms with Crippen LogP contribution in [0.1, 0.15) is 24.5 Å². The molecular formula is C17H19N2O3. The lowest BCUT2D eigenvalue weighted by Gasteiger charge is -2.31. The Balaban J connectivity index is 1.57. The van der Waals surface area contributed by atoms with E-state index in [2.05, 4.69) is 4.98 Å². The second kappa shape index (κ2) is 6.66. The lowest BCUT2D eigenvalue weighted by atomic mass is 9.94. The van der Waals surface area contributed by atoms with E-state index in [1.165, 1.54) is 6.07 Å². The molecule has 22 heavy (non-hydrogen) atoms. The zero-order valence-corrected chi connectivity index (χ0v) is 12.6. The summed E-state index contributed by atoms with van der Waals surface area (Å²) in [6.45, 7) is 1.62. The molecule has 0 bridgehead atoms. The summed E-state index contributed by atoms with van der Waals surface area (Å²) in [7, 11) is 1.64. The fraction of sp³-hybridized carbons (Fsp3) is 0.353. The first kappa shape index (κ1) is 14.7. The van der Waals surface area contributed by atoms with E-state index in [1.54, 1.807) is 19.4 Å². The Kier molecular flexibility index (Phi) is 4.44. The van der Waals surface area contributed by atoms with Gasteiger partial charge in [0.15, 0.2) is 11.5 Å². The number of nitrogens with zero attached hydrogens (tertiary/aromatic N) is 2. The van der Waals surface area contributed by atoms with Gasteiger partial charge in [-0.3, -0.25) is 10.1 Å². The normalized spacial score (nSPS) is 16.4.